The number of imide groups is 1. The van der Waals surface area contributed by atoms with Crippen LogP contribution in [0.2, 0.25) is 0 Å². The van der Waals surface area contributed by atoms with Gasteiger partial charge < -0.3 is 10.2 Å². The molecule has 1 heterocycles. The summed E-state index contributed by atoms with van der Waals surface area (Å²) in [5.74, 6) is -2.93. The number of hydrogen-bond acceptors (Lipinski definition) is 5. The molecule has 7 nitrogen and oxygen atoms in total. The van der Waals surface area contributed by atoms with Gasteiger partial charge in [-0.15, -0.1) is 0 Å². The van der Waals surface area contributed by atoms with Gasteiger partial charge in [-0.1, -0.05) is 61.4 Å². The molecule has 7 heteroatoms. The van der Waals surface area contributed by atoms with E-state index in [0.717, 1.165) is 5.56 Å². The second kappa shape index (κ2) is 8.04. The number of fused-ring (bicyclic) bond motifs is 1. The van der Waals surface area contributed by atoms with Crippen molar-refractivity contribution >= 4 is 23.7 Å². The number of hydroxylamine groups is 2. The standard InChI is InChI=1S/C21H20N2O5/c1-13(2)18(22-17(24)12-14-8-4-3-5-9-14)21(27)28-23-19(25)15-10-6-7-11-16(15)20(23)26/h3-11,13,18H,12H2,1-2H3,(H,22,24). The lowest BCUT2D eigenvalue weighted by Gasteiger charge is -2.22. The Morgan fingerprint density at radius 3 is 2.00 bits per heavy atom. The topological polar surface area (TPSA) is 92.8 Å². The Morgan fingerprint density at radius 1 is 0.929 bits per heavy atom. The fraction of sp³-hybridized carbons (Fsp3) is 0.238. The Hall–Kier alpha value is -3.48. The van der Waals surface area contributed by atoms with Gasteiger partial charge in [0.25, 0.3) is 11.8 Å². The molecule has 28 heavy (non-hydrogen) atoms. The van der Waals surface area contributed by atoms with Crippen LogP contribution in [0.1, 0.15) is 40.1 Å². The molecule has 144 valence electrons. The number of rotatable bonds is 6. The fourth-order valence-corrected chi connectivity index (χ4v) is 2.90. The predicted molar refractivity (Wildman–Crippen MR) is 99.9 cm³/mol. The molecule has 0 fully saturated rings. The normalized spacial score (nSPS) is 14.0. The molecule has 0 aliphatic carbocycles. The lowest BCUT2D eigenvalue weighted by Crippen LogP contribution is -2.48. The van der Waals surface area contributed by atoms with E-state index in [-0.39, 0.29) is 29.4 Å². The molecule has 2 aromatic carbocycles. The lowest BCUT2D eigenvalue weighted by molar-refractivity contribution is -0.173. The highest BCUT2D eigenvalue weighted by molar-refractivity contribution is 6.20. The number of carbonyl (C=O) groups is 4. The van der Waals surface area contributed by atoms with Gasteiger partial charge in [0.15, 0.2) is 0 Å². The summed E-state index contributed by atoms with van der Waals surface area (Å²) in [5, 5.41) is 3.08. The van der Waals surface area contributed by atoms with Crippen LogP contribution in [0.5, 0.6) is 0 Å². The lowest BCUT2D eigenvalue weighted by atomic mass is 10.0. The van der Waals surface area contributed by atoms with E-state index in [1.807, 2.05) is 18.2 Å². The molecule has 3 rings (SSSR count). The molecule has 0 radical (unpaired) electrons. The van der Waals surface area contributed by atoms with Gasteiger partial charge in [0, 0.05) is 0 Å². The van der Waals surface area contributed by atoms with Crippen LogP contribution in [-0.2, 0) is 20.8 Å². The van der Waals surface area contributed by atoms with Crippen LogP contribution in [0.15, 0.2) is 54.6 Å². The van der Waals surface area contributed by atoms with Gasteiger partial charge in [0.1, 0.15) is 6.04 Å². The number of nitrogens with zero attached hydrogens (tertiary/aromatic N) is 1. The predicted octanol–water partition coefficient (Wildman–Crippen LogP) is 2.12. The molecule has 2 aromatic rings. The van der Waals surface area contributed by atoms with Crippen molar-refractivity contribution in [3.05, 3.63) is 71.3 Å². The molecule has 0 aromatic heterocycles. The number of nitrogens with one attached hydrogen (secondary N) is 1. The Balaban J connectivity index is 1.68. The molecule has 3 amide bonds. The zero-order valence-electron chi connectivity index (χ0n) is 15.5. The first-order chi connectivity index (χ1) is 13.4. The average Bonchev–Trinajstić information content (AvgIpc) is 2.92. The van der Waals surface area contributed by atoms with Crippen LogP contribution in [0, 0.1) is 5.92 Å². The number of hydrogen-bond donors (Lipinski definition) is 1. The van der Waals surface area contributed by atoms with Crippen molar-refractivity contribution in [1.29, 1.82) is 0 Å². The largest absolute Gasteiger partial charge is 0.355 e. The third-order valence-electron chi connectivity index (χ3n) is 4.38. The molecule has 0 spiro atoms. The zero-order valence-corrected chi connectivity index (χ0v) is 15.5. The van der Waals surface area contributed by atoms with Gasteiger partial charge in [0.2, 0.25) is 5.91 Å². The fourth-order valence-electron chi connectivity index (χ4n) is 2.90. The highest BCUT2D eigenvalue weighted by Gasteiger charge is 2.40. The van der Waals surface area contributed by atoms with Gasteiger partial charge in [0.05, 0.1) is 17.5 Å². The van der Waals surface area contributed by atoms with E-state index in [1.165, 1.54) is 12.1 Å². The minimum atomic E-state index is -1.000. The summed E-state index contributed by atoms with van der Waals surface area (Å²) in [4.78, 5) is 54.6. The van der Waals surface area contributed by atoms with Crippen molar-refractivity contribution in [2.75, 3.05) is 0 Å². The summed E-state index contributed by atoms with van der Waals surface area (Å²) in [6.07, 6.45) is 0.102. The van der Waals surface area contributed by atoms with Crippen molar-refractivity contribution in [3.8, 4) is 0 Å². The van der Waals surface area contributed by atoms with E-state index >= 15 is 0 Å². The highest BCUT2D eigenvalue weighted by atomic mass is 16.7. The maximum absolute atomic E-state index is 12.6. The summed E-state index contributed by atoms with van der Waals surface area (Å²) < 4.78 is 0. The summed E-state index contributed by atoms with van der Waals surface area (Å²) in [7, 11) is 0. The van der Waals surface area contributed by atoms with Gasteiger partial charge in [-0.25, -0.2) is 4.79 Å². The minimum absolute atomic E-state index is 0.102. The van der Waals surface area contributed by atoms with Gasteiger partial charge in [-0.05, 0) is 23.6 Å². The summed E-state index contributed by atoms with van der Waals surface area (Å²) >= 11 is 0. The molecular weight excluding hydrogens is 360 g/mol. The first-order valence-corrected chi connectivity index (χ1v) is 8.91. The molecule has 1 aliphatic rings. The smallest absolute Gasteiger partial charge is 0.342 e. The molecule has 1 atom stereocenters. The van der Waals surface area contributed by atoms with Crippen molar-refractivity contribution in [1.82, 2.24) is 10.4 Å². The quantitative estimate of drug-likeness (QED) is 0.775. The van der Waals surface area contributed by atoms with Crippen molar-refractivity contribution in [3.63, 3.8) is 0 Å². The van der Waals surface area contributed by atoms with Crippen LogP contribution in [0.4, 0.5) is 0 Å². The number of amides is 3. The summed E-state index contributed by atoms with van der Waals surface area (Å²) in [6.45, 7) is 3.47. The monoisotopic (exact) mass is 380 g/mol. The van der Waals surface area contributed by atoms with E-state index < -0.39 is 23.8 Å². The second-order valence-corrected chi connectivity index (χ2v) is 6.81. The Labute approximate surface area is 162 Å². The van der Waals surface area contributed by atoms with Gasteiger partial charge in [-0.3, -0.25) is 14.4 Å². The van der Waals surface area contributed by atoms with E-state index in [0.29, 0.717) is 5.06 Å². The molecule has 0 saturated heterocycles. The highest BCUT2D eigenvalue weighted by Crippen LogP contribution is 2.23. The molecule has 0 saturated carbocycles. The third-order valence-corrected chi connectivity index (χ3v) is 4.38. The van der Waals surface area contributed by atoms with E-state index in [4.69, 9.17) is 4.84 Å². The first kappa shape index (κ1) is 19.3. The SMILES string of the molecule is CC(C)C(NC(=O)Cc1ccccc1)C(=O)ON1C(=O)c2ccccc2C1=O. The van der Waals surface area contributed by atoms with E-state index in [2.05, 4.69) is 5.32 Å². The van der Waals surface area contributed by atoms with Crippen LogP contribution < -0.4 is 5.32 Å². The summed E-state index contributed by atoms with van der Waals surface area (Å²) in [6, 6.07) is 14.3. The van der Waals surface area contributed by atoms with Crippen molar-refractivity contribution < 1.29 is 24.0 Å². The van der Waals surface area contributed by atoms with Crippen LogP contribution in [0.3, 0.4) is 0 Å². The van der Waals surface area contributed by atoms with Crippen molar-refractivity contribution in [2.24, 2.45) is 5.92 Å². The van der Waals surface area contributed by atoms with E-state index in [9.17, 15) is 19.2 Å². The Bertz CT molecular complexity index is 888. The molecular formula is C21H20N2O5. The molecule has 1 unspecified atom stereocenters. The second-order valence-electron chi connectivity index (χ2n) is 6.81. The summed E-state index contributed by atoms with van der Waals surface area (Å²) in [5.41, 5.74) is 1.15. The minimum Gasteiger partial charge on any atom is -0.342 e. The molecule has 1 aliphatic heterocycles. The Morgan fingerprint density at radius 2 is 1.46 bits per heavy atom. The first-order valence-electron chi connectivity index (χ1n) is 8.91. The van der Waals surface area contributed by atoms with E-state index in [1.54, 1.807) is 38.1 Å². The number of carbonyl (C=O) groups excluding carboxylic acids is 4. The number of benzene rings is 2. The Kier molecular flexibility index (Phi) is 5.54. The zero-order chi connectivity index (χ0) is 20.3. The average molecular weight is 380 g/mol. The van der Waals surface area contributed by atoms with Crippen LogP contribution in [-0.4, -0.2) is 34.8 Å². The van der Waals surface area contributed by atoms with Crippen molar-refractivity contribution in [2.45, 2.75) is 26.3 Å². The molecule has 1 N–H and O–H groups in total. The van der Waals surface area contributed by atoms with Gasteiger partial charge in [-0.2, -0.15) is 0 Å². The van der Waals surface area contributed by atoms with Gasteiger partial charge >= 0.3 is 5.97 Å². The maximum Gasteiger partial charge on any atom is 0.355 e. The van der Waals surface area contributed by atoms with Crippen LogP contribution >= 0.6 is 0 Å². The third kappa shape index (κ3) is 3.93. The maximum atomic E-state index is 12.6. The van der Waals surface area contributed by atoms with Crippen LogP contribution in [0.25, 0.3) is 0 Å². The molecule has 0 bridgehead atoms.